The lowest BCUT2D eigenvalue weighted by Gasteiger charge is -2.16. The molecule has 5 rings (SSSR count). The van der Waals surface area contributed by atoms with Crippen LogP contribution in [0.3, 0.4) is 0 Å². The Morgan fingerprint density at radius 3 is 2.47 bits per heavy atom. The van der Waals surface area contributed by atoms with Crippen molar-refractivity contribution in [2.75, 3.05) is 10.0 Å². The predicted octanol–water partition coefficient (Wildman–Crippen LogP) is 6.94. The minimum atomic E-state index is -3.62. The van der Waals surface area contributed by atoms with Gasteiger partial charge < -0.3 is 5.32 Å². The van der Waals surface area contributed by atoms with Crippen LogP contribution in [0.1, 0.15) is 16.4 Å². The average Bonchev–Trinajstić information content (AvgIpc) is 3.54. The molecule has 0 saturated carbocycles. The Hall–Kier alpha value is -3.18. The molecule has 3 aromatic carbocycles. The zero-order valence-corrected chi connectivity index (χ0v) is 22.3. The van der Waals surface area contributed by atoms with Gasteiger partial charge in [0.05, 0.1) is 10.2 Å². The fourth-order valence-corrected chi connectivity index (χ4v) is 7.56. The number of benzene rings is 3. The summed E-state index contributed by atoms with van der Waals surface area (Å²) in [5.74, 6) is -0.176. The minimum Gasteiger partial charge on any atom is -0.301 e. The quantitative estimate of drug-likeness (QED) is 0.204. The van der Waals surface area contributed by atoms with Gasteiger partial charge in [0.15, 0.2) is 5.13 Å². The summed E-state index contributed by atoms with van der Waals surface area (Å²) in [5.41, 5.74) is 3.31. The topological polar surface area (TPSA) is 88.2 Å². The Morgan fingerprint density at radius 2 is 1.75 bits per heavy atom. The van der Waals surface area contributed by atoms with E-state index in [2.05, 4.69) is 21.1 Å². The molecule has 0 spiro atoms. The van der Waals surface area contributed by atoms with Crippen LogP contribution in [0.5, 0.6) is 0 Å². The number of aromatic nitrogens is 1. The highest BCUT2D eigenvalue weighted by Gasteiger charge is 2.23. The van der Waals surface area contributed by atoms with Crippen LogP contribution in [0.2, 0.25) is 0 Å². The number of carbonyl (C=O) groups excluding carboxylic acids is 1. The molecule has 1 amide bonds. The molecule has 2 N–H and O–H groups in total. The molecule has 0 aliphatic carbocycles. The van der Waals surface area contributed by atoms with Gasteiger partial charge in [-0.2, -0.15) is 0 Å². The van der Waals surface area contributed by atoms with E-state index in [1.54, 1.807) is 41.8 Å². The van der Waals surface area contributed by atoms with E-state index in [0.717, 1.165) is 37.6 Å². The van der Waals surface area contributed by atoms with Crippen molar-refractivity contribution < 1.29 is 13.2 Å². The Morgan fingerprint density at radius 1 is 0.972 bits per heavy atom. The molecular weight excluding hydrogens is 531 g/mol. The van der Waals surface area contributed by atoms with Gasteiger partial charge in [-0.05, 0) is 65.9 Å². The zero-order chi connectivity index (χ0) is 25.1. The Labute approximate surface area is 221 Å². The van der Waals surface area contributed by atoms with E-state index in [-0.39, 0.29) is 10.1 Å². The molecule has 2 heterocycles. The maximum Gasteiger partial charge on any atom is 0.271 e. The van der Waals surface area contributed by atoms with Crippen LogP contribution in [0.15, 0.2) is 99.4 Å². The number of aryl methyl sites for hydroxylation is 1. The number of nitrogens with one attached hydrogen (secondary N) is 2. The third kappa shape index (κ3) is 5.62. The monoisotopic (exact) mass is 551 g/mol. The summed E-state index contributed by atoms with van der Waals surface area (Å²) in [6, 6.07) is 25.8. The van der Waals surface area contributed by atoms with E-state index in [0.29, 0.717) is 10.8 Å². The molecular formula is C26H21N3O3S4. The maximum absolute atomic E-state index is 13.4. The zero-order valence-electron chi connectivity index (χ0n) is 19.0. The van der Waals surface area contributed by atoms with E-state index < -0.39 is 15.3 Å². The van der Waals surface area contributed by atoms with Gasteiger partial charge >= 0.3 is 0 Å². The average molecular weight is 552 g/mol. The summed E-state index contributed by atoms with van der Waals surface area (Å²) >= 11 is 4.00. The Balaban J connectivity index is 1.35. The van der Waals surface area contributed by atoms with Crippen LogP contribution < -0.4 is 10.0 Å². The summed E-state index contributed by atoms with van der Waals surface area (Å²) in [6.45, 7) is 2.03. The summed E-state index contributed by atoms with van der Waals surface area (Å²) in [5, 5.41) is 4.74. The highest BCUT2D eigenvalue weighted by atomic mass is 32.2. The first-order valence-corrected chi connectivity index (χ1v) is 15.0. The molecule has 10 heteroatoms. The van der Waals surface area contributed by atoms with Gasteiger partial charge in [-0.3, -0.25) is 9.52 Å². The molecule has 0 aliphatic heterocycles. The van der Waals surface area contributed by atoms with Crippen molar-refractivity contribution in [3.05, 3.63) is 101 Å². The largest absolute Gasteiger partial charge is 0.301 e. The highest BCUT2D eigenvalue weighted by Crippen LogP contribution is 2.37. The van der Waals surface area contributed by atoms with Gasteiger partial charge in [0, 0.05) is 10.6 Å². The number of nitrogens with zero attached hydrogens (tertiary/aromatic N) is 1. The van der Waals surface area contributed by atoms with E-state index in [4.69, 9.17) is 0 Å². The lowest BCUT2D eigenvalue weighted by Crippen LogP contribution is -2.18. The van der Waals surface area contributed by atoms with Crippen molar-refractivity contribution in [3.63, 3.8) is 0 Å². The number of rotatable bonds is 8. The molecule has 0 fully saturated rings. The van der Waals surface area contributed by atoms with Crippen molar-refractivity contribution in [2.45, 2.75) is 21.3 Å². The van der Waals surface area contributed by atoms with Gasteiger partial charge in [-0.15, -0.1) is 23.1 Å². The molecule has 5 aromatic rings. The molecule has 0 bridgehead atoms. The first-order valence-electron chi connectivity index (χ1n) is 10.9. The molecule has 0 radical (unpaired) electrons. The summed E-state index contributed by atoms with van der Waals surface area (Å²) in [6.07, 6.45) is 0. The molecule has 182 valence electrons. The number of fused-ring (bicyclic) bond motifs is 1. The van der Waals surface area contributed by atoms with Gasteiger partial charge in [-0.25, -0.2) is 13.4 Å². The van der Waals surface area contributed by atoms with Gasteiger partial charge in [0.25, 0.3) is 10.0 Å². The SMILES string of the molecule is Cc1ccc2nc(NC(=O)C(Sc3ccc(NS(=O)(=O)c4cccs4)cc3)c3ccccc3)sc2c1. The van der Waals surface area contributed by atoms with Crippen molar-refractivity contribution in [3.8, 4) is 0 Å². The number of thiazole rings is 1. The number of amides is 1. The standard InChI is InChI=1S/C26H21N3O3S4/c1-17-9-14-21-22(16-17)35-26(27-21)28-25(30)24(18-6-3-2-4-7-18)34-20-12-10-19(11-13-20)29-36(31,32)23-8-5-15-33-23/h2-16,24,29H,1H3,(H,27,28,30). The second-order valence-electron chi connectivity index (χ2n) is 7.95. The molecule has 6 nitrogen and oxygen atoms in total. The van der Waals surface area contributed by atoms with Crippen LogP contribution in [0.4, 0.5) is 10.8 Å². The number of sulfonamides is 1. The third-order valence-corrected chi connectivity index (χ3v) is 10.2. The second kappa shape index (κ2) is 10.4. The lowest BCUT2D eigenvalue weighted by atomic mass is 10.1. The lowest BCUT2D eigenvalue weighted by molar-refractivity contribution is -0.115. The van der Waals surface area contributed by atoms with E-state index in [9.17, 15) is 13.2 Å². The van der Waals surface area contributed by atoms with Crippen molar-refractivity contribution >= 4 is 71.4 Å². The summed E-state index contributed by atoms with van der Waals surface area (Å²) in [4.78, 5) is 18.8. The smallest absolute Gasteiger partial charge is 0.271 e. The first kappa shape index (κ1) is 24.5. The molecule has 1 atom stereocenters. The van der Waals surface area contributed by atoms with E-state index in [1.165, 1.54) is 23.1 Å². The number of hydrogen-bond acceptors (Lipinski definition) is 7. The van der Waals surface area contributed by atoms with Crippen molar-refractivity contribution in [2.24, 2.45) is 0 Å². The van der Waals surface area contributed by atoms with Crippen molar-refractivity contribution in [1.29, 1.82) is 0 Å². The van der Waals surface area contributed by atoms with Crippen LogP contribution in [0, 0.1) is 6.92 Å². The van der Waals surface area contributed by atoms with Crippen LogP contribution in [-0.2, 0) is 14.8 Å². The number of anilines is 2. The van der Waals surface area contributed by atoms with E-state index >= 15 is 0 Å². The third-order valence-electron chi connectivity index (χ3n) is 5.23. The first-order chi connectivity index (χ1) is 17.4. The van der Waals surface area contributed by atoms with Crippen molar-refractivity contribution in [1.82, 2.24) is 4.98 Å². The predicted molar refractivity (Wildman–Crippen MR) is 150 cm³/mol. The fourth-order valence-electron chi connectivity index (χ4n) is 3.52. The van der Waals surface area contributed by atoms with Gasteiger partial charge in [-0.1, -0.05) is 53.8 Å². The molecule has 0 aliphatic rings. The molecule has 1 unspecified atom stereocenters. The Bertz CT molecular complexity index is 1600. The van der Waals surface area contributed by atoms with Crippen LogP contribution in [-0.4, -0.2) is 19.3 Å². The molecule has 0 saturated heterocycles. The normalized spacial score (nSPS) is 12.4. The second-order valence-corrected chi connectivity index (χ2v) is 13.0. The van der Waals surface area contributed by atoms with Crippen LogP contribution >= 0.6 is 34.4 Å². The highest BCUT2D eigenvalue weighted by molar-refractivity contribution is 8.00. The summed E-state index contributed by atoms with van der Waals surface area (Å²) < 4.78 is 28.9. The maximum atomic E-state index is 13.4. The van der Waals surface area contributed by atoms with Gasteiger partial charge in [0.1, 0.15) is 9.46 Å². The van der Waals surface area contributed by atoms with Crippen LogP contribution in [0.25, 0.3) is 10.2 Å². The number of thioether (sulfide) groups is 1. The summed E-state index contributed by atoms with van der Waals surface area (Å²) in [7, 11) is -3.62. The molecule has 36 heavy (non-hydrogen) atoms. The fraction of sp³-hybridized carbons (Fsp3) is 0.0769. The number of hydrogen-bond donors (Lipinski definition) is 2. The molecule has 2 aromatic heterocycles. The van der Waals surface area contributed by atoms with E-state index in [1.807, 2.05) is 49.4 Å². The van der Waals surface area contributed by atoms with Gasteiger partial charge in [0.2, 0.25) is 5.91 Å². The minimum absolute atomic E-state index is 0.176. The number of carbonyl (C=O) groups is 1. The number of thiophene rings is 1. The Kier molecular flexibility index (Phi) is 7.10.